The Bertz CT molecular complexity index is 298. The second-order valence-electron chi connectivity index (χ2n) is 4.84. The number of ether oxygens (including phenoxy) is 1. The summed E-state index contributed by atoms with van der Waals surface area (Å²) in [5.41, 5.74) is 0.876. The van der Waals surface area contributed by atoms with Crippen LogP contribution < -0.4 is 0 Å². The highest BCUT2D eigenvalue weighted by molar-refractivity contribution is 5.89. The Morgan fingerprint density at radius 3 is 2.93 bits per heavy atom. The quantitative estimate of drug-likeness (QED) is 0.615. The number of carbonyl (C=O) groups excluding carboxylic acids is 1. The maximum atomic E-state index is 11.6. The molecule has 15 heavy (non-hydrogen) atoms. The third kappa shape index (κ3) is 1.75. The van der Waals surface area contributed by atoms with Crippen LogP contribution in [-0.2, 0) is 9.53 Å². The van der Waals surface area contributed by atoms with Crippen molar-refractivity contribution in [1.82, 2.24) is 4.90 Å². The average Bonchev–Trinajstić information content (AvgIpc) is 2.58. The second-order valence-corrected chi connectivity index (χ2v) is 4.84. The highest BCUT2D eigenvalue weighted by Gasteiger charge is 2.40. The molecule has 0 spiro atoms. The first-order valence-electron chi connectivity index (χ1n) is 5.63. The maximum absolute atomic E-state index is 11.6. The Morgan fingerprint density at radius 1 is 1.53 bits per heavy atom. The molecular formula is C12H19NO2. The second kappa shape index (κ2) is 3.87. The summed E-state index contributed by atoms with van der Waals surface area (Å²) in [6.45, 7) is 3.37. The van der Waals surface area contributed by atoms with Crippen molar-refractivity contribution in [3.63, 3.8) is 0 Å². The maximum Gasteiger partial charge on any atom is 0.335 e. The van der Waals surface area contributed by atoms with Gasteiger partial charge in [-0.3, -0.25) is 0 Å². The smallest absolute Gasteiger partial charge is 0.335 e. The largest absolute Gasteiger partial charge is 0.466 e. The third-order valence-electron chi connectivity index (χ3n) is 3.86. The normalized spacial score (nSPS) is 34.7. The van der Waals surface area contributed by atoms with Crippen LogP contribution in [0.25, 0.3) is 0 Å². The molecule has 84 valence electrons. The topological polar surface area (TPSA) is 29.5 Å². The first kappa shape index (κ1) is 10.5. The van der Waals surface area contributed by atoms with Gasteiger partial charge in [-0.05, 0) is 30.6 Å². The Hall–Kier alpha value is -0.990. The van der Waals surface area contributed by atoms with Crippen molar-refractivity contribution in [2.45, 2.75) is 19.8 Å². The van der Waals surface area contributed by atoms with Gasteiger partial charge >= 0.3 is 5.97 Å². The van der Waals surface area contributed by atoms with Crippen molar-refractivity contribution < 1.29 is 9.53 Å². The summed E-state index contributed by atoms with van der Waals surface area (Å²) in [7, 11) is 3.50. The first-order chi connectivity index (χ1) is 7.13. The number of fused-ring (bicyclic) bond motifs is 1. The summed E-state index contributed by atoms with van der Waals surface area (Å²) in [4.78, 5) is 13.8. The molecule has 0 bridgehead atoms. The fraction of sp³-hybridized carbons (Fsp3) is 0.750. The monoisotopic (exact) mass is 209 g/mol. The first-order valence-corrected chi connectivity index (χ1v) is 5.63. The average molecular weight is 209 g/mol. The van der Waals surface area contributed by atoms with Crippen LogP contribution in [0.1, 0.15) is 19.8 Å². The van der Waals surface area contributed by atoms with Gasteiger partial charge in [0.05, 0.1) is 12.7 Å². The zero-order chi connectivity index (χ0) is 11.0. The number of methoxy groups -OCH3 is 1. The van der Waals surface area contributed by atoms with E-state index >= 15 is 0 Å². The van der Waals surface area contributed by atoms with Crippen LogP contribution in [0.3, 0.4) is 0 Å². The van der Waals surface area contributed by atoms with E-state index in [1.807, 2.05) is 13.2 Å². The standard InChI is InChI=1S/C12H19NO2/c1-8-4-5-9-10(8)6-13(2)7-11(9)12(14)15-3/h7-10H,4-6H2,1-3H3/t8-,9-,10?/m0/s1. The Labute approximate surface area is 91.1 Å². The molecule has 0 saturated heterocycles. The molecule has 0 aromatic carbocycles. The number of nitrogens with zero attached hydrogens (tertiary/aromatic N) is 1. The molecular weight excluding hydrogens is 190 g/mol. The highest BCUT2D eigenvalue weighted by atomic mass is 16.5. The third-order valence-corrected chi connectivity index (χ3v) is 3.86. The lowest BCUT2D eigenvalue weighted by Crippen LogP contribution is -2.35. The predicted molar refractivity (Wildman–Crippen MR) is 58.1 cm³/mol. The Morgan fingerprint density at radius 2 is 2.27 bits per heavy atom. The highest BCUT2D eigenvalue weighted by Crippen LogP contribution is 2.43. The number of rotatable bonds is 1. The zero-order valence-corrected chi connectivity index (χ0v) is 9.69. The van der Waals surface area contributed by atoms with Gasteiger partial charge in [-0.25, -0.2) is 4.79 Å². The van der Waals surface area contributed by atoms with E-state index in [2.05, 4.69) is 11.8 Å². The fourth-order valence-electron chi connectivity index (χ4n) is 3.00. The van der Waals surface area contributed by atoms with E-state index in [1.54, 1.807) is 0 Å². The summed E-state index contributed by atoms with van der Waals surface area (Å²) in [6, 6.07) is 0. The molecule has 1 aliphatic carbocycles. The minimum absolute atomic E-state index is 0.148. The predicted octanol–water partition coefficient (Wildman–Crippen LogP) is 1.65. The van der Waals surface area contributed by atoms with E-state index in [4.69, 9.17) is 4.74 Å². The van der Waals surface area contributed by atoms with Crippen LogP contribution in [0.4, 0.5) is 0 Å². The van der Waals surface area contributed by atoms with Gasteiger partial charge in [0.15, 0.2) is 0 Å². The molecule has 0 radical (unpaired) electrons. The molecule has 1 heterocycles. The molecule has 1 unspecified atom stereocenters. The molecule has 2 aliphatic rings. The van der Waals surface area contributed by atoms with Gasteiger partial charge in [-0.15, -0.1) is 0 Å². The van der Waals surface area contributed by atoms with Crippen molar-refractivity contribution in [1.29, 1.82) is 0 Å². The lowest BCUT2D eigenvalue weighted by atomic mass is 9.83. The van der Waals surface area contributed by atoms with Gasteiger partial charge in [0.25, 0.3) is 0 Å². The molecule has 1 aliphatic heterocycles. The number of hydrogen-bond donors (Lipinski definition) is 0. The molecule has 3 heteroatoms. The lowest BCUT2D eigenvalue weighted by molar-refractivity contribution is -0.137. The number of esters is 1. The van der Waals surface area contributed by atoms with E-state index in [0.29, 0.717) is 11.8 Å². The van der Waals surface area contributed by atoms with Crippen LogP contribution in [0.15, 0.2) is 11.8 Å². The van der Waals surface area contributed by atoms with E-state index in [0.717, 1.165) is 24.5 Å². The molecule has 2 rings (SSSR count). The summed E-state index contributed by atoms with van der Waals surface area (Å²) < 4.78 is 4.85. The summed E-state index contributed by atoms with van der Waals surface area (Å²) in [5, 5.41) is 0. The number of carbonyl (C=O) groups is 1. The minimum atomic E-state index is -0.148. The summed E-state index contributed by atoms with van der Waals surface area (Å²) in [5.74, 6) is 1.65. The van der Waals surface area contributed by atoms with Crippen LogP contribution in [0.2, 0.25) is 0 Å². The van der Waals surface area contributed by atoms with Crippen molar-refractivity contribution in [3.8, 4) is 0 Å². The van der Waals surface area contributed by atoms with Gasteiger partial charge in [-0.1, -0.05) is 6.92 Å². The summed E-state index contributed by atoms with van der Waals surface area (Å²) in [6.07, 6.45) is 4.34. The Balaban J connectivity index is 2.25. The zero-order valence-electron chi connectivity index (χ0n) is 9.69. The molecule has 1 saturated carbocycles. The molecule has 1 fully saturated rings. The van der Waals surface area contributed by atoms with Crippen molar-refractivity contribution >= 4 is 5.97 Å². The van der Waals surface area contributed by atoms with Crippen molar-refractivity contribution in [3.05, 3.63) is 11.8 Å². The molecule has 0 amide bonds. The van der Waals surface area contributed by atoms with Crippen molar-refractivity contribution in [2.75, 3.05) is 20.7 Å². The van der Waals surface area contributed by atoms with E-state index in [1.165, 1.54) is 13.5 Å². The Kier molecular flexibility index (Phi) is 2.72. The summed E-state index contributed by atoms with van der Waals surface area (Å²) >= 11 is 0. The van der Waals surface area contributed by atoms with Crippen molar-refractivity contribution in [2.24, 2.45) is 17.8 Å². The van der Waals surface area contributed by atoms with E-state index in [-0.39, 0.29) is 5.97 Å². The van der Waals surface area contributed by atoms with E-state index in [9.17, 15) is 4.79 Å². The fourth-order valence-corrected chi connectivity index (χ4v) is 3.00. The molecule has 0 aromatic rings. The minimum Gasteiger partial charge on any atom is -0.466 e. The molecule has 3 atom stereocenters. The van der Waals surface area contributed by atoms with Crippen LogP contribution in [0, 0.1) is 17.8 Å². The lowest BCUT2D eigenvalue weighted by Gasteiger charge is -2.33. The molecule has 0 aromatic heterocycles. The molecule has 3 nitrogen and oxygen atoms in total. The van der Waals surface area contributed by atoms with Crippen LogP contribution in [0.5, 0.6) is 0 Å². The van der Waals surface area contributed by atoms with Gasteiger partial charge < -0.3 is 9.64 Å². The van der Waals surface area contributed by atoms with Gasteiger partial charge in [0.2, 0.25) is 0 Å². The van der Waals surface area contributed by atoms with Crippen LogP contribution >= 0.6 is 0 Å². The number of hydrogen-bond acceptors (Lipinski definition) is 3. The van der Waals surface area contributed by atoms with E-state index < -0.39 is 0 Å². The molecule has 0 N–H and O–H groups in total. The van der Waals surface area contributed by atoms with Gasteiger partial charge in [0.1, 0.15) is 0 Å². The SMILES string of the molecule is COC(=O)C1=CN(C)CC2[C@@H]1CC[C@@H]2C. The van der Waals surface area contributed by atoms with Gasteiger partial charge in [0, 0.05) is 19.8 Å². The van der Waals surface area contributed by atoms with Gasteiger partial charge in [-0.2, -0.15) is 0 Å². The van der Waals surface area contributed by atoms with Crippen LogP contribution in [-0.4, -0.2) is 31.6 Å².